The quantitative estimate of drug-likeness (QED) is 0.354. The van der Waals surface area contributed by atoms with Gasteiger partial charge in [0.25, 0.3) is 0 Å². The van der Waals surface area contributed by atoms with Crippen molar-refractivity contribution in [3.63, 3.8) is 0 Å². The summed E-state index contributed by atoms with van der Waals surface area (Å²) in [6.07, 6.45) is 5.44. The standard InChI is InChI=1S/C31H38Cl2N8O3/c1-34-31(42)37-15-21-2-4-39(5-3-21)18-22-10-28(23-12-24(32)14-25(33)13-23)38-29(11-22)44-27-16-35-30(36-17-27)41-8-6-40(7-9-41)26-19-43-20-26/h10-14,16-17,21,26H,2-9,15,18-20H2,1H3,(H2,34,37,42). The second kappa shape index (κ2) is 14.3. The molecule has 44 heavy (non-hydrogen) atoms. The smallest absolute Gasteiger partial charge is 0.314 e. The Labute approximate surface area is 267 Å². The van der Waals surface area contributed by atoms with Crippen molar-refractivity contribution in [2.45, 2.75) is 25.4 Å². The van der Waals surface area contributed by atoms with Crippen LogP contribution in [0.4, 0.5) is 10.7 Å². The lowest BCUT2D eigenvalue weighted by Gasteiger charge is -2.42. The van der Waals surface area contributed by atoms with E-state index in [0.29, 0.717) is 46.1 Å². The highest BCUT2D eigenvalue weighted by Gasteiger charge is 2.29. The number of pyridine rings is 1. The Balaban J connectivity index is 1.13. The molecule has 0 bridgehead atoms. The van der Waals surface area contributed by atoms with Crippen LogP contribution in [-0.4, -0.2) is 103 Å². The van der Waals surface area contributed by atoms with Gasteiger partial charge in [0.05, 0.1) is 37.3 Å². The van der Waals surface area contributed by atoms with Crippen molar-refractivity contribution in [1.29, 1.82) is 0 Å². The van der Waals surface area contributed by atoms with E-state index in [2.05, 4.69) is 41.4 Å². The van der Waals surface area contributed by atoms with Gasteiger partial charge in [-0.05, 0) is 61.7 Å². The largest absolute Gasteiger partial charge is 0.436 e. The molecule has 3 aliphatic rings. The van der Waals surface area contributed by atoms with Gasteiger partial charge in [0.15, 0.2) is 5.75 Å². The third kappa shape index (κ3) is 7.89. The van der Waals surface area contributed by atoms with Gasteiger partial charge in [-0.25, -0.2) is 19.7 Å². The van der Waals surface area contributed by atoms with E-state index in [1.807, 2.05) is 18.2 Å². The normalized spacial score (nSPS) is 18.6. The van der Waals surface area contributed by atoms with Crippen molar-refractivity contribution >= 4 is 35.2 Å². The number of nitrogens with one attached hydrogen (secondary N) is 2. The van der Waals surface area contributed by atoms with Crippen molar-refractivity contribution in [1.82, 2.24) is 35.4 Å². The van der Waals surface area contributed by atoms with E-state index in [9.17, 15) is 4.79 Å². The number of ether oxygens (including phenoxy) is 2. The van der Waals surface area contributed by atoms with Crippen molar-refractivity contribution in [2.75, 3.05) is 71.0 Å². The first-order valence-electron chi connectivity index (χ1n) is 15.1. The van der Waals surface area contributed by atoms with Gasteiger partial charge in [-0.1, -0.05) is 23.2 Å². The molecule has 0 unspecified atom stereocenters. The second-order valence-electron chi connectivity index (χ2n) is 11.6. The van der Waals surface area contributed by atoms with Crippen LogP contribution in [0.2, 0.25) is 10.0 Å². The van der Waals surface area contributed by atoms with Crippen molar-refractivity contribution in [3.05, 3.63) is 58.3 Å². The summed E-state index contributed by atoms with van der Waals surface area (Å²) >= 11 is 12.7. The number of carbonyl (C=O) groups excluding carboxylic acids is 1. The zero-order valence-corrected chi connectivity index (χ0v) is 26.4. The zero-order valence-electron chi connectivity index (χ0n) is 24.8. The lowest BCUT2D eigenvalue weighted by Crippen LogP contribution is -2.56. The van der Waals surface area contributed by atoms with Crippen molar-refractivity contribution in [3.8, 4) is 22.9 Å². The Morgan fingerprint density at radius 1 is 0.977 bits per heavy atom. The van der Waals surface area contributed by atoms with Crippen LogP contribution >= 0.6 is 23.2 Å². The van der Waals surface area contributed by atoms with Gasteiger partial charge < -0.3 is 25.0 Å². The molecule has 2 N–H and O–H groups in total. The molecule has 2 aromatic heterocycles. The van der Waals surface area contributed by atoms with E-state index in [1.165, 1.54) is 0 Å². The predicted molar refractivity (Wildman–Crippen MR) is 171 cm³/mol. The van der Waals surface area contributed by atoms with Crippen LogP contribution in [0, 0.1) is 5.92 Å². The minimum absolute atomic E-state index is 0.136. The van der Waals surface area contributed by atoms with Crippen LogP contribution in [0.15, 0.2) is 42.7 Å². The van der Waals surface area contributed by atoms with Crippen LogP contribution < -0.4 is 20.3 Å². The number of aromatic nitrogens is 3. The molecule has 3 saturated heterocycles. The maximum absolute atomic E-state index is 11.6. The average Bonchev–Trinajstić information content (AvgIpc) is 3.00. The third-order valence-electron chi connectivity index (χ3n) is 8.48. The van der Waals surface area contributed by atoms with Gasteiger partial charge in [-0.2, -0.15) is 0 Å². The first kappa shape index (κ1) is 30.8. The molecular weight excluding hydrogens is 603 g/mol. The number of hydrogen-bond donors (Lipinski definition) is 2. The molecule has 0 spiro atoms. The van der Waals surface area contributed by atoms with Crippen molar-refractivity contribution < 1.29 is 14.3 Å². The van der Waals surface area contributed by atoms with Gasteiger partial charge in [0.1, 0.15) is 0 Å². The highest BCUT2D eigenvalue weighted by Crippen LogP contribution is 2.31. The number of benzene rings is 1. The topological polar surface area (TPSA) is 108 Å². The lowest BCUT2D eigenvalue weighted by molar-refractivity contribution is -0.0661. The summed E-state index contributed by atoms with van der Waals surface area (Å²) in [5, 5.41) is 6.62. The maximum atomic E-state index is 11.6. The molecule has 0 aliphatic carbocycles. The first-order chi connectivity index (χ1) is 21.4. The summed E-state index contributed by atoms with van der Waals surface area (Å²) in [7, 11) is 1.63. The number of halogens is 2. The van der Waals surface area contributed by atoms with Gasteiger partial charge in [0.2, 0.25) is 11.8 Å². The average molecular weight is 642 g/mol. The first-order valence-corrected chi connectivity index (χ1v) is 15.9. The molecule has 1 aromatic carbocycles. The number of hydrogen-bond acceptors (Lipinski definition) is 9. The Bertz CT molecular complexity index is 1410. The van der Waals surface area contributed by atoms with Crippen LogP contribution in [-0.2, 0) is 11.3 Å². The monoisotopic (exact) mass is 640 g/mol. The van der Waals surface area contributed by atoms with E-state index in [0.717, 1.165) is 88.7 Å². The van der Waals surface area contributed by atoms with Gasteiger partial charge >= 0.3 is 6.03 Å². The fourth-order valence-electron chi connectivity index (χ4n) is 5.85. The molecule has 3 fully saturated rings. The molecule has 5 heterocycles. The predicted octanol–water partition coefficient (Wildman–Crippen LogP) is 4.30. The molecule has 3 aliphatic heterocycles. The number of piperidine rings is 1. The summed E-state index contributed by atoms with van der Waals surface area (Å²) in [5.41, 5.74) is 2.60. The number of likely N-dealkylation sites (tertiary alicyclic amines) is 1. The lowest BCUT2D eigenvalue weighted by atomic mass is 9.96. The van der Waals surface area contributed by atoms with E-state index in [4.69, 9.17) is 37.7 Å². The Hall–Kier alpha value is -3.22. The summed E-state index contributed by atoms with van der Waals surface area (Å²) in [6, 6.07) is 9.85. The number of carbonyl (C=O) groups is 1. The molecule has 13 heteroatoms. The number of nitrogens with zero attached hydrogens (tertiary/aromatic N) is 6. The SMILES string of the molecule is CNC(=O)NCC1CCN(Cc2cc(Oc3cnc(N4CCN(C5COC5)CC4)nc3)nc(-c3cc(Cl)cc(Cl)c3)c2)CC1. The molecule has 0 radical (unpaired) electrons. The van der Waals surface area contributed by atoms with Gasteiger partial charge in [-0.15, -0.1) is 0 Å². The Kier molecular flexibility index (Phi) is 9.98. The molecule has 6 rings (SSSR count). The van der Waals surface area contributed by atoms with Gasteiger partial charge in [-0.3, -0.25) is 9.80 Å². The molecule has 3 aromatic rings. The number of piperazine rings is 1. The number of urea groups is 1. The summed E-state index contributed by atoms with van der Waals surface area (Å²) in [4.78, 5) is 32.7. The summed E-state index contributed by atoms with van der Waals surface area (Å²) in [6.45, 7) is 8.70. The van der Waals surface area contributed by atoms with Crippen LogP contribution in [0.3, 0.4) is 0 Å². The van der Waals surface area contributed by atoms with Crippen LogP contribution in [0.5, 0.6) is 11.6 Å². The van der Waals surface area contributed by atoms with E-state index >= 15 is 0 Å². The van der Waals surface area contributed by atoms with Crippen molar-refractivity contribution in [2.24, 2.45) is 5.92 Å². The third-order valence-corrected chi connectivity index (χ3v) is 8.92. The van der Waals surface area contributed by atoms with E-state index in [1.54, 1.807) is 25.5 Å². The summed E-state index contributed by atoms with van der Waals surface area (Å²) in [5.74, 6) is 2.13. The summed E-state index contributed by atoms with van der Waals surface area (Å²) < 4.78 is 11.6. The fourth-order valence-corrected chi connectivity index (χ4v) is 6.38. The minimum Gasteiger partial charge on any atom is -0.436 e. The molecule has 11 nitrogen and oxygen atoms in total. The molecule has 0 saturated carbocycles. The zero-order chi connectivity index (χ0) is 30.5. The number of anilines is 1. The van der Waals surface area contributed by atoms with E-state index < -0.39 is 0 Å². The number of amides is 2. The van der Waals surface area contributed by atoms with E-state index in [-0.39, 0.29) is 6.03 Å². The second-order valence-corrected chi connectivity index (χ2v) is 12.4. The molecule has 0 atom stereocenters. The van der Waals surface area contributed by atoms with Gasteiger partial charge in [0, 0.05) is 68.0 Å². The maximum Gasteiger partial charge on any atom is 0.314 e. The Morgan fingerprint density at radius 2 is 1.68 bits per heavy atom. The highest BCUT2D eigenvalue weighted by atomic mass is 35.5. The minimum atomic E-state index is -0.136. The number of rotatable bonds is 9. The van der Waals surface area contributed by atoms with Crippen LogP contribution in [0.25, 0.3) is 11.3 Å². The Morgan fingerprint density at radius 3 is 2.32 bits per heavy atom. The molecular formula is C31H38Cl2N8O3. The van der Waals surface area contributed by atoms with Crippen LogP contribution in [0.1, 0.15) is 18.4 Å². The molecule has 2 amide bonds. The fraction of sp³-hybridized carbons (Fsp3) is 0.484. The molecule has 234 valence electrons. The highest BCUT2D eigenvalue weighted by molar-refractivity contribution is 6.35.